The molecule has 127 heavy (non-hydrogen) atoms. The number of morpholine rings is 1. The second kappa shape index (κ2) is 41.4. The maximum Gasteiger partial charge on any atom is 0.412 e. The Balaban J connectivity index is 0.000000125. The lowest BCUT2D eigenvalue weighted by Gasteiger charge is -2.28. The number of amides is 2. The highest BCUT2D eigenvalue weighted by Gasteiger charge is 2.28. The number of fused-ring (bicyclic) bond motifs is 4. The maximum atomic E-state index is 14.6. The van der Waals surface area contributed by atoms with Gasteiger partial charge in [-0.2, -0.15) is 41.4 Å². The van der Waals surface area contributed by atoms with Crippen molar-refractivity contribution >= 4 is 67.9 Å². The number of aromatic nitrogens is 13. The lowest BCUT2D eigenvalue weighted by Crippen LogP contribution is -2.42. The van der Waals surface area contributed by atoms with Gasteiger partial charge in [-0.15, -0.1) is 0 Å². The Bertz CT molecular complexity index is 6400. The molecule has 4 aliphatic carbocycles. The number of nitriles is 4. The maximum absolute atomic E-state index is 14.6. The normalized spacial score (nSPS) is 18.3. The fourth-order valence-corrected chi connectivity index (χ4v) is 16.6. The van der Waals surface area contributed by atoms with Crippen LogP contribution in [-0.4, -0.2) is 150 Å². The summed E-state index contributed by atoms with van der Waals surface area (Å²) in [7, 11) is 0. The van der Waals surface area contributed by atoms with Crippen LogP contribution in [0.1, 0.15) is 132 Å². The molecule has 3 N–H and O–H groups in total. The lowest BCUT2D eigenvalue weighted by molar-refractivity contribution is -0.114. The second-order valence-electron chi connectivity index (χ2n) is 32.0. The fraction of sp³-hybridized carbons (Fsp3) is 0.316. The quantitative estimate of drug-likeness (QED) is 0.0638. The van der Waals surface area contributed by atoms with E-state index in [0.717, 1.165) is 215 Å². The van der Waals surface area contributed by atoms with E-state index in [2.05, 4.69) is 122 Å². The summed E-state index contributed by atoms with van der Waals surface area (Å²) < 4.78 is 50.0. The van der Waals surface area contributed by atoms with Crippen molar-refractivity contribution in [2.24, 2.45) is 23.7 Å². The number of halogens is 1. The Morgan fingerprint density at radius 2 is 0.953 bits per heavy atom. The summed E-state index contributed by atoms with van der Waals surface area (Å²) in [5.74, 6) is 1.64. The van der Waals surface area contributed by atoms with E-state index in [1.807, 2.05) is 123 Å². The molecule has 11 heterocycles. The standard InChI is InChI=1S/C27H22FN5O2.C26H29N5O3.C25H26N4O2.C20H18N6O/c28-23-11-10-21(14-24(23)32-27(34)35-17-19-4-2-1-3-5-19)22-16-31-33-13-12-30-25(26(22)33)20-8-6-18(15-29)7-9-20;27-15-19-1-3-21(4-2-19)25-26-24(16-29-31(26)10-9-28-25)20-5-7-23(8-6-20)34-18-22(32)17-30-11-13-33-14-12-30;26-15-18-4-6-20(7-5-18)24-25-23(16-28-29(25)13-12-27-24)19-8-10-21(11-9-19)31-17-22-3-1-2-14-30-22;1-13(27)25-18-10-16(6-7-22-18)17-12-24-26-9-8-23-19(20(17)26)15-4-2-14(11-21)3-5-15/h1-5,8,10-14,16,18H,6-7,9,17H2,(H,32,34);3,5-10,16,19,22,32H,1-2,4,11-14,17-18H2;6,8-13,16,18,22H,1-5,7,14,17H2;4,6-10,12,14H,2-3,5H2,1H3,(H,22,25,27). The molecule has 0 spiro atoms. The molecule has 2 amide bonds. The second-order valence-corrected chi connectivity index (χ2v) is 32.0. The van der Waals surface area contributed by atoms with Crippen LogP contribution >= 0.6 is 0 Å². The average Bonchev–Trinajstić information content (AvgIpc) is 1.67. The first kappa shape index (κ1) is 86.1. The van der Waals surface area contributed by atoms with Crippen LogP contribution in [0.25, 0.3) is 88.9 Å². The average molecular weight is 1700 g/mol. The van der Waals surface area contributed by atoms with E-state index in [0.29, 0.717) is 44.2 Å². The van der Waals surface area contributed by atoms with Gasteiger partial charge in [0.15, 0.2) is 0 Å². The molecule has 19 rings (SSSR count). The molecular formula is C98H95FN20O8. The SMILES string of the molecule is CC(=O)Nc1cc(-c2cnn3ccnc(C4=CCC(C#N)CC4)c23)ccn1.N#CC1CC=C(c2nccn3ncc(-c4ccc(F)c(NC(=O)OCc5ccccc5)c4)c23)CC1.N#CC1CC=C(c2nccn3ncc(-c4ccc(OCC(O)CN5CCOCC5)cc4)c23)CC1.N#CC1CC=C(c2nccn3ncc(-c4ccc(OCC5CCCCO5)cc4)c23)CC1. The first-order valence-corrected chi connectivity index (χ1v) is 43.0. The van der Waals surface area contributed by atoms with Crippen LogP contribution in [0.3, 0.4) is 0 Å². The van der Waals surface area contributed by atoms with Crippen molar-refractivity contribution in [1.29, 1.82) is 21.0 Å². The van der Waals surface area contributed by atoms with E-state index in [9.17, 15) is 34.9 Å². The summed E-state index contributed by atoms with van der Waals surface area (Å²) in [5.41, 5.74) is 20.1. The molecule has 4 aromatic carbocycles. The van der Waals surface area contributed by atoms with E-state index in [1.54, 1.807) is 66.2 Å². The Morgan fingerprint density at radius 3 is 1.38 bits per heavy atom. The smallest absolute Gasteiger partial charge is 0.412 e. The molecule has 0 saturated carbocycles. The number of allylic oxidation sites excluding steroid dienone is 8. The fourth-order valence-electron chi connectivity index (χ4n) is 16.6. The van der Waals surface area contributed by atoms with Crippen molar-refractivity contribution in [2.75, 3.05) is 63.3 Å². The number of anilines is 2. The Kier molecular flexibility index (Phi) is 28.0. The largest absolute Gasteiger partial charge is 0.491 e. The van der Waals surface area contributed by atoms with Gasteiger partial charge in [0.1, 0.15) is 49.1 Å². The summed E-state index contributed by atoms with van der Waals surface area (Å²) in [4.78, 5) is 48.6. The van der Waals surface area contributed by atoms with Crippen molar-refractivity contribution in [3.8, 4) is 80.3 Å². The van der Waals surface area contributed by atoms with Gasteiger partial charge in [-0.3, -0.25) is 34.9 Å². The minimum Gasteiger partial charge on any atom is -0.491 e. The van der Waals surface area contributed by atoms with Crippen LogP contribution < -0.4 is 20.1 Å². The van der Waals surface area contributed by atoms with E-state index < -0.39 is 18.0 Å². The van der Waals surface area contributed by atoms with E-state index in [4.69, 9.17) is 28.9 Å². The van der Waals surface area contributed by atoms with Gasteiger partial charge in [0, 0.05) is 111 Å². The number of pyridine rings is 1. The number of hydrogen-bond donors (Lipinski definition) is 3. The lowest BCUT2D eigenvalue weighted by atomic mass is 9.88. The van der Waals surface area contributed by atoms with E-state index >= 15 is 0 Å². The summed E-state index contributed by atoms with van der Waals surface area (Å²) in [5, 5.41) is 70.3. The first-order valence-electron chi connectivity index (χ1n) is 43.0. The monoisotopic (exact) mass is 1700 g/mol. The number of aliphatic hydroxyl groups excluding tert-OH is 1. The number of carbonyl (C=O) groups is 2. The van der Waals surface area contributed by atoms with Crippen molar-refractivity contribution in [3.63, 3.8) is 0 Å². The third-order valence-corrected chi connectivity index (χ3v) is 23.5. The highest BCUT2D eigenvalue weighted by Crippen LogP contribution is 2.41. The van der Waals surface area contributed by atoms with Crippen LogP contribution in [-0.2, 0) is 25.6 Å². The van der Waals surface area contributed by atoms with Crippen LogP contribution in [0, 0.1) is 74.8 Å². The van der Waals surface area contributed by atoms with Gasteiger partial charge in [-0.25, -0.2) is 32.2 Å². The van der Waals surface area contributed by atoms with Gasteiger partial charge >= 0.3 is 6.09 Å². The highest BCUT2D eigenvalue weighted by atomic mass is 19.1. The Morgan fingerprint density at radius 1 is 0.512 bits per heavy atom. The highest BCUT2D eigenvalue weighted by molar-refractivity contribution is 5.95. The molecule has 2 aliphatic heterocycles. The number of hydrogen-bond acceptors (Lipinski definition) is 22. The zero-order valence-electron chi connectivity index (χ0n) is 70.4. The van der Waals surface area contributed by atoms with Gasteiger partial charge in [-0.05, 0) is 195 Å². The summed E-state index contributed by atoms with van der Waals surface area (Å²) in [6.45, 7) is 6.93. The van der Waals surface area contributed by atoms with E-state index in [-0.39, 0.29) is 54.6 Å². The van der Waals surface area contributed by atoms with Gasteiger partial charge in [0.05, 0.1) is 143 Å². The number of nitrogens with zero attached hydrogens (tertiary/aromatic N) is 18. The number of ether oxygens (including phenoxy) is 5. The number of benzene rings is 4. The Hall–Kier alpha value is -14.5. The van der Waals surface area contributed by atoms with Crippen LogP contribution in [0.15, 0.2) is 214 Å². The van der Waals surface area contributed by atoms with Crippen molar-refractivity contribution in [2.45, 2.75) is 122 Å². The molecule has 0 bridgehead atoms. The first-order chi connectivity index (χ1) is 62.3. The number of rotatable bonds is 20. The minimum atomic E-state index is -0.744. The zero-order chi connectivity index (χ0) is 87.4. The Labute approximate surface area is 733 Å². The third kappa shape index (κ3) is 21.2. The molecule has 642 valence electrons. The van der Waals surface area contributed by atoms with Crippen LogP contribution in [0.2, 0.25) is 0 Å². The van der Waals surface area contributed by atoms with Crippen LogP contribution in [0.4, 0.5) is 20.7 Å². The molecule has 29 heteroatoms. The zero-order valence-corrected chi connectivity index (χ0v) is 70.4. The molecule has 6 atom stereocenters. The molecular weight excluding hydrogens is 1600 g/mol. The van der Waals surface area contributed by atoms with Gasteiger partial charge in [0.25, 0.3) is 0 Å². The number of nitrogens with one attached hydrogen (secondary N) is 2. The van der Waals surface area contributed by atoms with Crippen molar-refractivity contribution in [1.82, 2.24) is 68.3 Å². The van der Waals surface area contributed by atoms with Gasteiger partial charge in [0.2, 0.25) is 5.91 Å². The third-order valence-electron chi connectivity index (χ3n) is 23.5. The molecule has 2 fully saturated rings. The molecule has 13 aromatic rings. The van der Waals surface area contributed by atoms with Gasteiger partial charge in [-0.1, -0.05) is 85.0 Å². The summed E-state index contributed by atoms with van der Waals surface area (Å²) in [6.07, 6.45) is 43.7. The molecule has 0 radical (unpaired) electrons. The number of aliphatic hydroxyl groups is 1. The molecule has 6 aliphatic rings. The minimum absolute atomic E-state index is 0.0131. The van der Waals surface area contributed by atoms with Gasteiger partial charge < -0.3 is 34.1 Å². The molecule has 9 aromatic heterocycles. The predicted molar refractivity (Wildman–Crippen MR) is 478 cm³/mol. The molecule has 28 nitrogen and oxygen atoms in total. The molecule has 2 saturated heterocycles. The summed E-state index contributed by atoms with van der Waals surface area (Å²) >= 11 is 0. The van der Waals surface area contributed by atoms with E-state index in [1.165, 1.54) is 30.6 Å². The predicted octanol–water partition coefficient (Wildman–Crippen LogP) is 17.7. The van der Waals surface area contributed by atoms with Crippen molar-refractivity contribution < 1.29 is 42.8 Å². The van der Waals surface area contributed by atoms with Crippen LogP contribution in [0.5, 0.6) is 11.5 Å². The summed E-state index contributed by atoms with van der Waals surface area (Å²) in [6, 6.07) is 43.0. The number of carbonyl (C=O) groups excluding carboxylic acids is 2. The molecule has 6 unspecified atom stereocenters. The number of β-amino-alcohol motifs (C(OH)–C–C–N with tert-alkyl or cyclic N) is 1. The topological polar surface area (TPSA) is 357 Å². The van der Waals surface area contributed by atoms with Crippen molar-refractivity contribution in [3.05, 3.63) is 248 Å².